The molecule has 0 radical (unpaired) electrons. The van der Waals surface area contributed by atoms with Gasteiger partial charge in [0.2, 0.25) is 5.91 Å². The predicted octanol–water partition coefficient (Wildman–Crippen LogP) is 4.88. The molecule has 4 aromatic rings. The second-order valence-electron chi connectivity index (χ2n) is 17.2. The van der Waals surface area contributed by atoms with Crippen molar-refractivity contribution in [3.63, 3.8) is 0 Å². The zero-order chi connectivity index (χ0) is 41.0. The number of hydrogen-bond acceptors (Lipinski definition) is 10. The van der Waals surface area contributed by atoms with Crippen molar-refractivity contribution >= 4 is 34.6 Å². The van der Waals surface area contributed by atoms with Crippen LogP contribution in [0.4, 0.5) is 10.5 Å². The molecule has 57 heavy (non-hydrogen) atoms. The minimum absolute atomic E-state index is 0.0751. The molecule has 14 nitrogen and oxygen atoms in total. The summed E-state index contributed by atoms with van der Waals surface area (Å²) in [6.45, 7) is 11.8. The lowest BCUT2D eigenvalue weighted by atomic mass is 9.86. The molecule has 0 aliphatic carbocycles. The third kappa shape index (κ3) is 7.85. The highest BCUT2D eigenvalue weighted by Crippen LogP contribution is 2.40. The van der Waals surface area contributed by atoms with Crippen LogP contribution in [0.25, 0.3) is 22.3 Å². The van der Waals surface area contributed by atoms with Gasteiger partial charge in [-0.3, -0.25) is 14.5 Å². The highest BCUT2D eigenvalue weighted by Gasteiger charge is 2.45. The number of amides is 2. The molecule has 5 heterocycles. The Kier molecular flexibility index (Phi) is 10.4. The molecule has 0 bridgehead atoms. The Bertz CT molecular complexity index is 2310. The van der Waals surface area contributed by atoms with E-state index in [-0.39, 0.29) is 47.9 Å². The molecule has 7 rings (SSSR count). The van der Waals surface area contributed by atoms with Crippen LogP contribution in [0.1, 0.15) is 81.7 Å². The lowest BCUT2D eigenvalue weighted by molar-refractivity contribution is -0.929. The third-order valence-electron chi connectivity index (χ3n) is 11.6. The zero-order valence-electron chi connectivity index (χ0n) is 33.8. The number of benzene rings is 2. The van der Waals surface area contributed by atoms with Crippen LogP contribution in [0.15, 0.2) is 53.3 Å². The van der Waals surface area contributed by atoms with Gasteiger partial charge in [0.1, 0.15) is 30.5 Å². The fourth-order valence-electron chi connectivity index (χ4n) is 8.36. The van der Waals surface area contributed by atoms with Crippen LogP contribution in [-0.4, -0.2) is 92.0 Å². The Morgan fingerprint density at radius 3 is 2.46 bits per heavy atom. The third-order valence-corrected chi connectivity index (χ3v) is 11.6. The highest BCUT2D eigenvalue weighted by molar-refractivity contribution is 5.96. The van der Waals surface area contributed by atoms with Crippen molar-refractivity contribution < 1.29 is 38.6 Å². The van der Waals surface area contributed by atoms with Gasteiger partial charge in [0.05, 0.1) is 49.1 Å². The van der Waals surface area contributed by atoms with Crippen molar-refractivity contribution in [3.8, 4) is 17.1 Å². The van der Waals surface area contributed by atoms with Crippen molar-refractivity contribution in [1.82, 2.24) is 19.8 Å². The van der Waals surface area contributed by atoms with Crippen LogP contribution in [0.5, 0.6) is 5.75 Å². The summed E-state index contributed by atoms with van der Waals surface area (Å²) >= 11 is 0. The smallest absolute Gasteiger partial charge is 0.408 e. The number of ether oxygens (including phenoxy) is 2. The number of anilines is 1. The number of fused-ring (bicyclic) bond motifs is 5. The minimum atomic E-state index is -1.89. The molecule has 0 spiro atoms. The fourth-order valence-corrected chi connectivity index (χ4v) is 8.36. The van der Waals surface area contributed by atoms with Crippen LogP contribution < -0.4 is 16.2 Å². The molecular weight excluding hydrogens is 729 g/mol. The van der Waals surface area contributed by atoms with Gasteiger partial charge in [-0.25, -0.2) is 14.6 Å². The molecule has 2 atom stereocenters. The first kappa shape index (κ1) is 39.9. The molecule has 2 aromatic carbocycles. The Morgan fingerprint density at radius 2 is 1.79 bits per heavy atom. The lowest BCUT2D eigenvalue weighted by Crippen LogP contribution is -2.53. The molecule has 0 saturated carbocycles. The van der Waals surface area contributed by atoms with E-state index in [4.69, 9.17) is 14.5 Å². The topological polar surface area (TPSA) is 172 Å². The first-order chi connectivity index (χ1) is 26.9. The number of phenolic OH excluding ortho intramolecular Hbond substituents is 1. The van der Waals surface area contributed by atoms with Gasteiger partial charge in [-0.05, 0) is 70.5 Å². The van der Waals surface area contributed by atoms with Gasteiger partial charge in [-0.1, -0.05) is 19.1 Å². The molecule has 1 saturated heterocycles. The van der Waals surface area contributed by atoms with Crippen molar-refractivity contribution in [1.29, 1.82) is 0 Å². The molecule has 3 aliphatic rings. The average Bonchev–Trinajstić information content (AvgIpc) is 3.51. The van der Waals surface area contributed by atoms with Crippen LogP contribution in [-0.2, 0) is 50.9 Å². The standard InChI is InChI=1S/C43H52N6O8/c1-8-43(55)33-20-35-37-27(21-48(35)39(52)32(33)24-56-40(43)53)19-30-31(36(50)14-13-34(30)46-37)22-47-17-15-29(16-18-47)49(6,7)23-26-9-11-28(12-10-26)45-38(51)25(2)44-41(54)57-42(3,4)5/h9-14,19-20,25,29,55H,8,15-18,21-24H2,1-7H3,(H2-,44,45,50,51,52,54)/p+1/t25?,43-/m0/s1. The number of esters is 1. The van der Waals surface area contributed by atoms with E-state index in [0.717, 1.165) is 59.0 Å². The largest absolute Gasteiger partial charge is 0.508 e. The normalized spacial score (nSPS) is 19.0. The van der Waals surface area contributed by atoms with Gasteiger partial charge >= 0.3 is 12.1 Å². The number of aromatic hydroxyl groups is 1. The number of carbonyl (C=O) groups excluding carboxylic acids is 3. The van der Waals surface area contributed by atoms with Crippen LogP contribution >= 0.6 is 0 Å². The number of hydrogen-bond donors (Lipinski definition) is 4. The number of cyclic esters (lactones) is 1. The number of carbonyl (C=O) groups is 3. The maximum atomic E-state index is 13.6. The minimum Gasteiger partial charge on any atom is -0.508 e. The molecule has 14 heteroatoms. The van der Waals surface area contributed by atoms with E-state index in [9.17, 15) is 29.4 Å². The van der Waals surface area contributed by atoms with Crippen molar-refractivity contribution in [2.45, 2.75) is 103 Å². The number of likely N-dealkylation sites (tertiary alicyclic amines) is 1. The maximum Gasteiger partial charge on any atom is 0.408 e. The van der Waals surface area contributed by atoms with E-state index in [2.05, 4.69) is 29.6 Å². The zero-order valence-corrected chi connectivity index (χ0v) is 33.8. The van der Waals surface area contributed by atoms with Crippen LogP contribution in [0.2, 0.25) is 0 Å². The number of alkyl carbamates (subject to hydrolysis) is 1. The summed E-state index contributed by atoms with van der Waals surface area (Å²) in [6.07, 6.45) is 1.38. The number of pyridine rings is 2. The van der Waals surface area contributed by atoms with Crippen LogP contribution in [0.3, 0.4) is 0 Å². The number of aromatic nitrogens is 2. The molecular formula is C43H53N6O8+. The van der Waals surface area contributed by atoms with Gasteiger partial charge in [-0.2, -0.15) is 0 Å². The van der Waals surface area contributed by atoms with E-state index in [0.29, 0.717) is 35.2 Å². The van der Waals surface area contributed by atoms with E-state index in [1.807, 2.05) is 30.3 Å². The number of aliphatic hydroxyl groups is 1. The SMILES string of the molecule is CC[C@@]1(O)C(=O)OCc2c1cc1n(c2=O)Cc2cc3c(CN4CCC([N+](C)(C)Cc5ccc(NC(=O)C(C)NC(=O)OC(C)(C)C)cc5)CC4)c(O)ccc3nc2-1. The molecule has 4 N–H and O–H groups in total. The Morgan fingerprint density at radius 1 is 1.09 bits per heavy atom. The first-order valence-electron chi connectivity index (χ1n) is 19.6. The number of phenols is 1. The van der Waals surface area contributed by atoms with E-state index in [1.54, 1.807) is 57.4 Å². The number of quaternary nitrogens is 1. The predicted molar refractivity (Wildman–Crippen MR) is 214 cm³/mol. The number of nitrogens with zero attached hydrogens (tertiary/aromatic N) is 4. The molecule has 1 fully saturated rings. The summed E-state index contributed by atoms with van der Waals surface area (Å²) in [4.78, 5) is 58.3. The molecule has 3 aliphatic heterocycles. The fraction of sp³-hybridized carbons (Fsp3) is 0.465. The molecule has 2 aromatic heterocycles. The molecule has 302 valence electrons. The summed E-state index contributed by atoms with van der Waals surface area (Å²) < 4.78 is 12.9. The first-order valence-corrected chi connectivity index (χ1v) is 19.6. The second kappa shape index (κ2) is 14.9. The van der Waals surface area contributed by atoms with Crippen molar-refractivity contribution in [3.05, 3.63) is 86.7 Å². The number of rotatable bonds is 9. The van der Waals surface area contributed by atoms with Crippen LogP contribution in [0, 0.1) is 0 Å². The number of nitrogens with one attached hydrogen (secondary N) is 2. The van der Waals surface area contributed by atoms with Gasteiger partial charge in [0, 0.05) is 65.8 Å². The Balaban J connectivity index is 0.990. The van der Waals surface area contributed by atoms with Gasteiger partial charge in [0.15, 0.2) is 5.60 Å². The van der Waals surface area contributed by atoms with E-state index in [1.165, 1.54) is 0 Å². The lowest BCUT2D eigenvalue weighted by Gasteiger charge is -2.43. The van der Waals surface area contributed by atoms with E-state index >= 15 is 0 Å². The molecule has 1 unspecified atom stereocenters. The van der Waals surface area contributed by atoms with Gasteiger partial charge in [-0.15, -0.1) is 0 Å². The van der Waals surface area contributed by atoms with E-state index < -0.39 is 29.3 Å². The monoisotopic (exact) mass is 781 g/mol. The summed E-state index contributed by atoms with van der Waals surface area (Å²) in [5, 5.41) is 28.6. The van der Waals surface area contributed by atoms with Crippen molar-refractivity contribution in [2.24, 2.45) is 0 Å². The summed E-state index contributed by atoms with van der Waals surface area (Å²) in [6, 6.07) is 14.6. The summed E-state index contributed by atoms with van der Waals surface area (Å²) in [5.74, 6) is -0.894. The summed E-state index contributed by atoms with van der Waals surface area (Å²) in [7, 11) is 4.49. The number of piperidine rings is 1. The van der Waals surface area contributed by atoms with Gasteiger partial charge in [0.25, 0.3) is 5.56 Å². The average molecular weight is 782 g/mol. The molecule has 2 amide bonds. The maximum absolute atomic E-state index is 13.6. The Hall–Kier alpha value is -5.31. The van der Waals surface area contributed by atoms with Gasteiger partial charge < -0.3 is 39.4 Å². The van der Waals surface area contributed by atoms with Crippen molar-refractivity contribution in [2.75, 3.05) is 32.5 Å². The Labute approximate surface area is 332 Å². The second-order valence-corrected chi connectivity index (χ2v) is 17.2. The quantitative estimate of drug-likeness (QED) is 0.119. The highest BCUT2D eigenvalue weighted by atomic mass is 16.6. The summed E-state index contributed by atoms with van der Waals surface area (Å²) in [5.41, 5.74) is 2.99.